The van der Waals surface area contributed by atoms with E-state index in [4.69, 9.17) is 10.2 Å². The molecule has 0 rings (SSSR count). The number of hydrogen-bond donors (Lipinski definition) is 2. The summed E-state index contributed by atoms with van der Waals surface area (Å²) in [6.45, 7) is 4.45. The van der Waals surface area contributed by atoms with Gasteiger partial charge in [0.2, 0.25) is 0 Å². The van der Waals surface area contributed by atoms with Crippen LogP contribution in [0.3, 0.4) is 0 Å². The predicted molar refractivity (Wildman–Crippen MR) is 54.9 cm³/mol. The van der Waals surface area contributed by atoms with Gasteiger partial charge in [-0.3, -0.25) is 4.79 Å². The SMILES string of the molecule is CCCCOC(C)=O.OCCCCO. The predicted octanol–water partition coefficient (Wildman–Crippen LogP) is 1.10. The summed E-state index contributed by atoms with van der Waals surface area (Å²) >= 11 is 0. The van der Waals surface area contributed by atoms with Crippen LogP contribution in [0, 0.1) is 0 Å². The molecule has 0 atom stereocenters. The Bertz CT molecular complexity index is 111. The van der Waals surface area contributed by atoms with Crippen LogP contribution in [0.25, 0.3) is 0 Å². The summed E-state index contributed by atoms with van der Waals surface area (Å²) in [5.41, 5.74) is 0. The summed E-state index contributed by atoms with van der Waals surface area (Å²) in [7, 11) is 0. The lowest BCUT2D eigenvalue weighted by atomic mass is 10.3. The minimum absolute atomic E-state index is 0.182. The van der Waals surface area contributed by atoms with Crippen molar-refractivity contribution in [2.24, 2.45) is 0 Å². The highest BCUT2D eigenvalue weighted by Gasteiger charge is 1.88. The summed E-state index contributed by atoms with van der Waals surface area (Å²) in [4.78, 5) is 10.1. The monoisotopic (exact) mass is 206 g/mol. The van der Waals surface area contributed by atoms with Crippen LogP contribution in [-0.2, 0) is 9.53 Å². The summed E-state index contributed by atoms with van der Waals surface area (Å²) < 4.78 is 4.64. The van der Waals surface area contributed by atoms with Crippen molar-refractivity contribution < 1.29 is 19.7 Å². The fourth-order valence-corrected chi connectivity index (χ4v) is 0.584. The van der Waals surface area contributed by atoms with Crippen LogP contribution in [-0.4, -0.2) is 36.0 Å². The second-order valence-corrected chi connectivity index (χ2v) is 2.85. The molecule has 0 aliphatic heterocycles. The number of rotatable bonds is 6. The van der Waals surface area contributed by atoms with Crippen molar-refractivity contribution in [1.29, 1.82) is 0 Å². The number of carbonyl (C=O) groups is 1. The van der Waals surface area contributed by atoms with Gasteiger partial charge in [-0.2, -0.15) is 0 Å². The summed E-state index contributed by atoms with van der Waals surface area (Å²) in [6, 6.07) is 0. The zero-order chi connectivity index (χ0) is 11.2. The average Bonchev–Trinajstić information content (AvgIpc) is 2.16. The second kappa shape index (κ2) is 14.9. The van der Waals surface area contributed by atoms with Crippen LogP contribution in [0.5, 0.6) is 0 Å². The van der Waals surface area contributed by atoms with E-state index in [9.17, 15) is 4.79 Å². The van der Waals surface area contributed by atoms with Crippen molar-refractivity contribution in [3.8, 4) is 0 Å². The second-order valence-electron chi connectivity index (χ2n) is 2.85. The van der Waals surface area contributed by atoms with E-state index in [-0.39, 0.29) is 19.2 Å². The Kier molecular flexibility index (Phi) is 16.9. The maximum Gasteiger partial charge on any atom is 0.302 e. The van der Waals surface area contributed by atoms with E-state index in [1.54, 1.807) is 0 Å². The van der Waals surface area contributed by atoms with E-state index >= 15 is 0 Å². The van der Waals surface area contributed by atoms with Gasteiger partial charge in [-0.15, -0.1) is 0 Å². The van der Waals surface area contributed by atoms with E-state index in [1.807, 2.05) is 0 Å². The largest absolute Gasteiger partial charge is 0.466 e. The zero-order valence-corrected chi connectivity index (χ0v) is 9.16. The number of esters is 1. The highest BCUT2D eigenvalue weighted by Crippen LogP contribution is 1.86. The number of unbranched alkanes of at least 4 members (excludes halogenated alkanes) is 2. The number of aliphatic hydroxyl groups is 2. The molecule has 0 unspecified atom stereocenters. The van der Waals surface area contributed by atoms with Gasteiger partial charge >= 0.3 is 5.97 Å². The Morgan fingerprint density at radius 2 is 1.64 bits per heavy atom. The fraction of sp³-hybridized carbons (Fsp3) is 0.900. The van der Waals surface area contributed by atoms with Gasteiger partial charge < -0.3 is 14.9 Å². The van der Waals surface area contributed by atoms with Crippen molar-refractivity contribution in [3.63, 3.8) is 0 Å². The van der Waals surface area contributed by atoms with Gasteiger partial charge in [-0.1, -0.05) is 13.3 Å². The normalized spacial score (nSPS) is 8.86. The van der Waals surface area contributed by atoms with Gasteiger partial charge in [0.15, 0.2) is 0 Å². The zero-order valence-electron chi connectivity index (χ0n) is 9.16. The first-order chi connectivity index (χ1) is 6.68. The molecule has 0 saturated heterocycles. The van der Waals surface area contributed by atoms with E-state index in [1.165, 1.54) is 6.92 Å². The number of carbonyl (C=O) groups excluding carboxylic acids is 1. The van der Waals surface area contributed by atoms with Gasteiger partial charge in [0, 0.05) is 20.1 Å². The quantitative estimate of drug-likeness (QED) is 0.504. The highest BCUT2D eigenvalue weighted by molar-refractivity contribution is 5.65. The molecule has 0 bridgehead atoms. The first-order valence-electron chi connectivity index (χ1n) is 5.04. The lowest BCUT2D eigenvalue weighted by Gasteiger charge is -1.96. The molecule has 0 radical (unpaired) electrons. The molecule has 0 spiro atoms. The van der Waals surface area contributed by atoms with Crippen LogP contribution in [0.15, 0.2) is 0 Å². The minimum atomic E-state index is -0.182. The van der Waals surface area contributed by atoms with E-state index < -0.39 is 0 Å². The smallest absolute Gasteiger partial charge is 0.302 e. The van der Waals surface area contributed by atoms with Gasteiger partial charge in [-0.25, -0.2) is 0 Å². The van der Waals surface area contributed by atoms with Crippen LogP contribution in [0.1, 0.15) is 39.5 Å². The molecule has 0 heterocycles. The molecular weight excluding hydrogens is 184 g/mol. The van der Waals surface area contributed by atoms with Crippen LogP contribution in [0.2, 0.25) is 0 Å². The maximum absolute atomic E-state index is 10.1. The molecule has 86 valence electrons. The van der Waals surface area contributed by atoms with Crippen LogP contribution < -0.4 is 0 Å². The molecular formula is C10H22O4. The summed E-state index contributed by atoms with van der Waals surface area (Å²) in [6.07, 6.45) is 3.49. The molecule has 4 heteroatoms. The Morgan fingerprint density at radius 3 is 1.93 bits per heavy atom. The van der Waals surface area contributed by atoms with Gasteiger partial charge in [-0.05, 0) is 19.3 Å². The van der Waals surface area contributed by atoms with Crippen LogP contribution >= 0.6 is 0 Å². The number of ether oxygens (including phenoxy) is 1. The molecule has 0 aromatic heterocycles. The molecule has 0 aliphatic rings. The molecule has 2 N–H and O–H groups in total. The molecule has 0 aliphatic carbocycles. The lowest BCUT2D eigenvalue weighted by molar-refractivity contribution is -0.141. The third kappa shape index (κ3) is 22.5. The number of aliphatic hydroxyl groups excluding tert-OH is 2. The standard InChI is InChI=1S/C6H12O2.C4H10O2/c1-3-4-5-8-6(2)7;5-3-1-2-4-6/h3-5H2,1-2H3;5-6H,1-4H2. The van der Waals surface area contributed by atoms with Crippen molar-refractivity contribution >= 4 is 5.97 Å². The van der Waals surface area contributed by atoms with Crippen LogP contribution in [0.4, 0.5) is 0 Å². The fourth-order valence-electron chi connectivity index (χ4n) is 0.584. The molecule has 14 heavy (non-hydrogen) atoms. The van der Waals surface area contributed by atoms with E-state index in [2.05, 4.69) is 11.7 Å². The van der Waals surface area contributed by atoms with Gasteiger partial charge in [0.1, 0.15) is 0 Å². The molecule has 0 amide bonds. The summed E-state index contributed by atoms with van der Waals surface area (Å²) in [5, 5.41) is 16.2. The first kappa shape index (κ1) is 15.8. The van der Waals surface area contributed by atoms with Crippen molar-refractivity contribution in [2.75, 3.05) is 19.8 Å². The average molecular weight is 206 g/mol. The molecule has 0 aromatic rings. The Hall–Kier alpha value is -0.610. The van der Waals surface area contributed by atoms with E-state index in [0.717, 1.165) is 25.7 Å². The third-order valence-electron chi connectivity index (χ3n) is 1.37. The first-order valence-corrected chi connectivity index (χ1v) is 5.04. The molecule has 0 saturated carbocycles. The maximum atomic E-state index is 10.1. The van der Waals surface area contributed by atoms with Crippen molar-refractivity contribution in [1.82, 2.24) is 0 Å². The Labute approximate surface area is 85.9 Å². The molecule has 0 aromatic carbocycles. The van der Waals surface area contributed by atoms with Gasteiger partial charge in [0.05, 0.1) is 6.61 Å². The highest BCUT2D eigenvalue weighted by atomic mass is 16.5. The van der Waals surface area contributed by atoms with E-state index in [0.29, 0.717) is 6.61 Å². The van der Waals surface area contributed by atoms with Crippen molar-refractivity contribution in [3.05, 3.63) is 0 Å². The van der Waals surface area contributed by atoms with Gasteiger partial charge in [0.25, 0.3) is 0 Å². The lowest BCUT2D eigenvalue weighted by Crippen LogP contribution is -1.99. The number of hydrogen-bond acceptors (Lipinski definition) is 4. The Morgan fingerprint density at radius 1 is 1.14 bits per heavy atom. The third-order valence-corrected chi connectivity index (χ3v) is 1.37. The molecule has 0 fully saturated rings. The van der Waals surface area contributed by atoms with Crippen molar-refractivity contribution in [2.45, 2.75) is 39.5 Å². The summed E-state index contributed by atoms with van der Waals surface area (Å²) in [5.74, 6) is -0.182. The Balaban J connectivity index is 0. The topological polar surface area (TPSA) is 66.8 Å². The molecule has 4 nitrogen and oxygen atoms in total. The minimum Gasteiger partial charge on any atom is -0.466 e.